The Morgan fingerprint density at radius 2 is 2.22 bits per heavy atom. The average molecular weight is 335 g/mol. The van der Waals surface area contributed by atoms with Crippen molar-refractivity contribution < 1.29 is 13.9 Å². The highest BCUT2D eigenvalue weighted by Gasteiger charge is 2.21. The lowest BCUT2D eigenvalue weighted by atomic mass is 10.1. The van der Waals surface area contributed by atoms with Gasteiger partial charge in [-0.1, -0.05) is 0 Å². The summed E-state index contributed by atoms with van der Waals surface area (Å²) >= 11 is 1.56. The van der Waals surface area contributed by atoms with Crippen LogP contribution in [0.3, 0.4) is 0 Å². The number of aryl methyl sites for hydroxylation is 1. The van der Waals surface area contributed by atoms with Crippen LogP contribution in [0.4, 0.5) is 10.1 Å². The van der Waals surface area contributed by atoms with Crippen molar-refractivity contribution in [1.82, 2.24) is 9.88 Å². The molecule has 7 heteroatoms. The molecule has 1 aliphatic rings. The van der Waals surface area contributed by atoms with Crippen molar-refractivity contribution in [3.8, 4) is 0 Å². The zero-order valence-electron chi connectivity index (χ0n) is 12.8. The largest absolute Gasteiger partial charge is 0.380 e. The Kier molecular flexibility index (Phi) is 4.88. The predicted octanol–water partition coefficient (Wildman–Crippen LogP) is 2.68. The Morgan fingerprint density at radius 1 is 1.43 bits per heavy atom. The lowest BCUT2D eigenvalue weighted by Crippen LogP contribution is -2.41. The Bertz CT molecular complexity index is 698. The molecule has 1 aromatic carbocycles. The van der Waals surface area contributed by atoms with Gasteiger partial charge in [0.15, 0.2) is 0 Å². The fraction of sp³-hybridized carbons (Fsp3) is 0.375. The molecule has 2 heterocycles. The number of thiazole rings is 1. The number of anilines is 1. The molecule has 0 radical (unpaired) electrons. The first-order valence-corrected chi connectivity index (χ1v) is 8.32. The number of carbonyl (C=O) groups is 1. The van der Waals surface area contributed by atoms with Crippen molar-refractivity contribution in [3.05, 3.63) is 45.7 Å². The number of nitrogens with zero attached hydrogens (tertiary/aromatic N) is 2. The molecular weight excluding hydrogens is 317 g/mol. The predicted molar refractivity (Wildman–Crippen MR) is 87.3 cm³/mol. The zero-order valence-corrected chi connectivity index (χ0v) is 13.7. The van der Waals surface area contributed by atoms with Crippen LogP contribution in [0.15, 0.2) is 23.7 Å². The van der Waals surface area contributed by atoms with E-state index in [1.807, 2.05) is 6.92 Å². The van der Waals surface area contributed by atoms with E-state index in [4.69, 9.17) is 4.74 Å². The highest BCUT2D eigenvalue weighted by Crippen LogP contribution is 2.19. The number of morpholine rings is 1. The second-order valence-corrected chi connectivity index (χ2v) is 6.25. The van der Waals surface area contributed by atoms with Gasteiger partial charge in [0.05, 0.1) is 36.5 Å². The van der Waals surface area contributed by atoms with Crippen LogP contribution in [0.5, 0.6) is 0 Å². The van der Waals surface area contributed by atoms with Gasteiger partial charge < -0.3 is 15.0 Å². The van der Waals surface area contributed by atoms with E-state index in [2.05, 4.69) is 10.3 Å². The van der Waals surface area contributed by atoms with E-state index < -0.39 is 5.82 Å². The van der Waals surface area contributed by atoms with E-state index in [0.29, 0.717) is 38.5 Å². The lowest BCUT2D eigenvalue weighted by molar-refractivity contribution is 0.0300. The highest BCUT2D eigenvalue weighted by atomic mass is 32.1. The van der Waals surface area contributed by atoms with E-state index in [-0.39, 0.29) is 11.5 Å². The van der Waals surface area contributed by atoms with Gasteiger partial charge in [0.2, 0.25) is 0 Å². The molecule has 1 fully saturated rings. The number of aromatic nitrogens is 1. The van der Waals surface area contributed by atoms with Gasteiger partial charge in [-0.15, -0.1) is 11.3 Å². The summed E-state index contributed by atoms with van der Waals surface area (Å²) in [4.78, 5) is 19.2. The molecule has 0 saturated carbocycles. The number of hydrogen-bond donors (Lipinski definition) is 1. The van der Waals surface area contributed by atoms with E-state index in [1.165, 1.54) is 12.1 Å². The van der Waals surface area contributed by atoms with Crippen LogP contribution in [0, 0.1) is 12.7 Å². The highest BCUT2D eigenvalue weighted by molar-refractivity contribution is 7.09. The fourth-order valence-corrected chi connectivity index (χ4v) is 3.13. The molecular formula is C16H18FN3O2S. The Balaban J connectivity index is 1.67. The number of amides is 1. The van der Waals surface area contributed by atoms with Gasteiger partial charge in [-0.25, -0.2) is 9.37 Å². The van der Waals surface area contributed by atoms with E-state index in [0.717, 1.165) is 10.6 Å². The molecule has 1 aliphatic heterocycles. The lowest BCUT2D eigenvalue weighted by Gasteiger charge is -2.27. The normalized spacial score (nSPS) is 14.8. The standard InChI is InChI=1S/C16H18FN3O2S/c1-11-15(23-10-19-11)9-18-12-2-3-13(14(17)8-12)16(21)20-4-6-22-7-5-20/h2-3,8,10,18H,4-7,9H2,1H3. The summed E-state index contributed by atoms with van der Waals surface area (Å²) in [7, 11) is 0. The molecule has 2 aromatic rings. The minimum atomic E-state index is -0.507. The summed E-state index contributed by atoms with van der Waals surface area (Å²) in [6, 6.07) is 4.63. The van der Waals surface area contributed by atoms with Crippen LogP contribution in [-0.4, -0.2) is 42.1 Å². The molecule has 5 nitrogen and oxygen atoms in total. The van der Waals surface area contributed by atoms with Crippen molar-refractivity contribution in [1.29, 1.82) is 0 Å². The zero-order chi connectivity index (χ0) is 16.2. The molecule has 1 saturated heterocycles. The second kappa shape index (κ2) is 7.06. The van der Waals surface area contributed by atoms with Crippen molar-refractivity contribution in [3.63, 3.8) is 0 Å². The van der Waals surface area contributed by atoms with Gasteiger partial charge in [0.25, 0.3) is 5.91 Å². The first-order chi connectivity index (χ1) is 11.1. The van der Waals surface area contributed by atoms with E-state index in [1.54, 1.807) is 27.8 Å². The van der Waals surface area contributed by atoms with Gasteiger partial charge in [-0.3, -0.25) is 4.79 Å². The molecule has 0 spiro atoms. The van der Waals surface area contributed by atoms with Gasteiger partial charge in [-0.2, -0.15) is 0 Å². The van der Waals surface area contributed by atoms with Crippen LogP contribution < -0.4 is 5.32 Å². The number of nitrogens with one attached hydrogen (secondary N) is 1. The third kappa shape index (κ3) is 3.68. The SMILES string of the molecule is Cc1ncsc1CNc1ccc(C(=O)N2CCOCC2)c(F)c1. The maximum absolute atomic E-state index is 14.3. The fourth-order valence-electron chi connectivity index (χ4n) is 2.41. The van der Waals surface area contributed by atoms with Gasteiger partial charge in [0.1, 0.15) is 5.82 Å². The summed E-state index contributed by atoms with van der Waals surface area (Å²) in [5.41, 5.74) is 3.51. The first kappa shape index (κ1) is 15.9. The molecule has 3 rings (SSSR count). The Labute approximate surface area is 138 Å². The minimum absolute atomic E-state index is 0.103. The quantitative estimate of drug-likeness (QED) is 0.933. The number of halogens is 1. The maximum Gasteiger partial charge on any atom is 0.256 e. The Hall–Kier alpha value is -1.99. The smallest absolute Gasteiger partial charge is 0.256 e. The monoisotopic (exact) mass is 335 g/mol. The molecule has 0 bridgehead atoms. The number of hydrogen-bond acceptors (Lipinski definition) is 5. The van der Waals surface area contributed by atoms with Gasteiger partial charge >= 0.3 is 0 Å². The van der Waals surface area contributed by atoms with Crippen molar-refractivity contribution in [2.75, 3.05) is 31.6 Å². The minimum Gasteiger partial charge on any atom is -0.380 e. The molecule has 1 amide bonds. The van der Waals surface area contributed by atoms with E-state index >= 15 is 0 Å². The molecule has 122 valence electrons. The molecule has 0 aliphatic carbocycles. The van der Waals surface area contributed by atoms with Crippen molar-refractivity contribution >= 4 is 22.9 Å². The number of ether oxygens (including phenoxy) is 1. The average Bonchev–Trinajstić information content (AvgIpc) is 2.98. The molecule has 0 unspecified atom stereocenters. The van der Waals surface area contributed by atoms with Crippen LogP contribution >= 0.6 is 11.3 Å². The number of carbonyl (C=O) groups excluding carboxylic acids is 1. The van der Waals surface area contributed by atoms with Gasteiger partial charge in [0, 0.05) is 23.7 Å². The summed E-state index contributed by atoms with van der Waals surface area (Å²) in [6.07, 6.45) is 0. The first-order valence-electron chi connectivity index (χ1n) is 7.44. The van der Waals surface area contributed by atoms with Crippen molar-refractivity contribution in [2.24, 2.45) is 0 Å². The molecule has 23 heavy (non-hydrogen) atoms. The van der Waals surface area contributed by atoms with Crippen LogP contribution in [-0.2, 0) is 11.3 Å². The third-order valence-electron chi connectivity index (χ3n) is 3.80. The molecule has 1 aromatic heterocycles. The van der Waals surface area contributed by atoms with Crippen LogP contribution in [0.2, 0.25) is 0 Å². The summed E-state index contributed by atoms with van der Waals surface area (Å²) in [5, 5.41) is 3.16. The molecule has 0 atom stereocenters. The van der Waals surface area contributed by atoms with Crippen LogP contribution in [0.25, 0.3) is 0 Å². The van der Waals surface area contributed by atoms with Crippen LogP contribution in [0.1, 0.15) is 20.9 Å². The summed E-state index contributed by atoms with van der Waals surface area (Å²) in [6.45, 7) is 4.54. The van der Waals surface area contributed by atoms with E-state index in [9.17, 15) is 9.18 Å². The summed E-state index contributed by atoms with van der Waals surface area (Å²) in [5.74, 6) is -0.789. The Morgan fingerprint density at radius 3 is 2.87 bits per heavy atom. The van der Waals surface area contributed by atoms with Gasteiger partial charge in [-0.05, 0) is 25.1 Å². The number of rotatable bonds is 4. The number of benzene rings is 1. The van der Waals surface area contributed by atoms with Crippen molar-refractivity contribution in [2.45, 2.75) is 13.5 Å². The summed E-state index contributed by atoms with van der Waals surface area (Å²) < 4.78 is 19.5. The second-order valence-electron chi connectivity index (χ2n) is 5.31. The topological polar surface area (TPSA) is 54.5 Å². The third-order valence-corrected chi connectivity index (χ3v) is 4.73. The maximum atomic E-state index is 14.3. The molecule has 1 N–H and O–H groups in total.